The van der Waals surface area contributed by atoms with Gasteiger partial charge in [0.2, 0.25) is 5.91 Å². The van der Waals surface area contributed by atoms with Gasteiger partial charge in [0.15, 0.2) is 0 Å². The van der Waals surface area contributed by atoms with Crippen molar-refractivity contribution < 1.29 is 13.2 Å². The van der Waals surface area contributed by atoms with E-state index < -0.39 is 10.0 Å². The van der Waals surface area contributed by atoms with Crippen molar-refractivity contribution in [2.75, 3.05) is 11.9 Å². The zero-order chi connectivity index (χ0) is 25.7. The molecule has 1 aliphatic rings. The molecule has 9 heteroatoms. The highest BCUT2D eigenvalue weighted by Crippen LogP contribution is 2.30. The topological polar surface area (TPSA) is 91.2 Å². The van der Waals surface area contributed by atoms with E-state index in [0.717, 1.165) is 28.9 Å². The van der Waals surface area contributed by atoms with Crippen LogP contribution in [0.1, 0.15) is 43.7 Å². The van der Waals surface area contributed by atoms with E-state index in [2.05, 4.69) is 9.71 Å². The highest BCUT2D eigenvalue weighted by molar-refractivity contribution is 7.90. The summed E-state index contributed by atoms with van der Waals surface area (Å²) < 4.78 is 29.7. The van der Waals surface area contributed by atoms with Crippen molar-refractivity contribution in [3.05, 3.63) is 95.0 Å². The van der Waals surface area contributed by atoms with Crippen LogP contribution in [0.15, 0.2) is 93.3 Å². The molecule has 0 radical (unpaired) electrons. The minimum atomic E-state index is -3.92. The highest BCUT2D eigenvalue weighted by atomic mass is 35.5. The Hall–Kier alpha value is -3.49. The molecule has 3 aromatic carbocycles. The van der Waals surface area contributed by atoms with E-state index in [4.69, 9.17) is 16.7 Å². The van der Waals surface area contributed by atoms with Gasteiger partial charge in [-0.15, -0.1) is 4.40 Å². The fourth-order valence-electron chi connectivity index (χ4n) is 3.97. The van der Waals surface area contributed by atoms with E-state index in [1.54, 1.807) is 11.9 Å². The van der Waals surface area contributed by atoms with Crippen LogP contribution in [0.3, 0.4) is 0 Å². The third-order valence-electron chi connectivity index (χ3n) is 5.79. The summed E-state index contributed by atoms with van der Waals surface area (Å²) in [5, 5.41) is 9.74. The summed E-state index contributed by atoms with van der Waals surface area (Å²) in [4.78, 5) is 12.0. The molecule has 0 fully saturated rings. The lowest BCUT2D eigenvalue weighted by molar-refractivity contribution is -0.116. The SMILES string of the molecule is CCCC(=O)Nc1ccc(C2=NN(C(C)=NS(=O)(=O)c3ccc(Cl)cc3)CC2c2ccccc2)cc1. The van der Waals surface area contributed by atoms with Gasteiger partial charge in [0.1, 0.15) is 5.84 Å². The molecule has 0 bridgehead atoms. The molecule has 3 aromatic rings. The Labute approximate surface area is 216 Å². The van der Waals surface area contributed by atoms with Crippen molar-refractivity contribution in [3.8, 4) is 0 Å². The standard InChI is InChI=1S/C27H27ClN4O3S/c1-3-7-26(33)29-23-14-10-21(11-15-23)27-25(20-8-5-4-6-9-20)18-32(30-27)19(2)31-36(34,35)24-16-12-22(28)13-17-24/h4-6,8-17,25H,3,7,18H2,1-2H3,(H,29,33). The maximum Gasteiger partial charge on any atom is 0.283 e. The monoisotopic (exact) mass is 522 g/mol. The zero-order valence-corrected chi connectivity index (χ0v) is 21.6. The number of benzene rings is 3. The first-order valence-electron chi connectivity index (χ1n) is 11.6. The minimum Gasteiger partial charge on any atom is -0.326 e. The summed E-state index contributed by atoms with van der Waals surface area (Å²) in [5.74, 6) is 0.157. The van der Waals surface area contributed by atoms with Gasteiger partial charge in [-0.1, -0.05) is 61.0 Å². The Balaban J connectivity index is 1.64. The largest absolute Gasteiger partial charge is 0.326 e. The van der Waals surface area contributed by atoms with Gasteiger partial charge >= 0.3 is 0 Å². The molecule has 1 amide bonds. The quantitative estimate of drug-likeness (QED) is 0.319. The molecule has 7 nitrogen and oxygen atoms in total. The molecule has 36 heavy (non-hydrogen) atoms. The van der Waals surface area contributed by atoms with Gasteiger partial charge in [-0.25, -0.2) is 5.01 Å². The third kappa shape index (κ3) is 6.01. The summed E-state index contributed by atoms with van der Waals surface area (Å²) in [6.45, 7) is 4.04. The lowest BCUT2D eigenvalue weighted by Crippen LogP contribution is -2.24. The highest BCUT2D eigenvalue weighted by Gasteiger charge is 2.31. The van der Waals surface area contributed by atoms with Crippen LogP contribution < -0.4 is 5.32 Å². The average molecular weight is 523 g/mol. The summed E-state index contributed by atoms with van der Waals surface area (Å²) >= 11 is 5.89. The van der Waals surface area contributed by atoms with E-state index in [9.17, 15) is 13.2 Å². The van der Waals surface area contributed by atoms with Gasteiger partial charge in [0.25, 0.3) is 10.0 Å². The van der Waals surface area contributed by atoms with Crippen LogP contribution in [0.5, 0.6) is 0 Å². The first kappa shape index (κ1) is 25.6. The molecule has 1 atom stereocenters. The van der Waals surface area contributed by atoms with Crippen molar-refractivity contribution in [2.45, 2.75) is 37.5 Å². The molecule has 1 heterocycles. The number of hydrogen-bond donors (Lipinski definition) is 1. The number of halogens is 1. The van der Waals surface area contributed by atoms with E-state index in [0.29, 0.717) is 18.0 Å². The Bertz CT molecular complexity index is 1390. The summed E-state index contributed by atoms with van der Waals surface area (Å²) in [7, 11) is -3.92. The Morgan fingerprint density at radius 1 is 1.06 bits per heavy atom. The van der Waals surface area contributed by atoms with E-state index in [1.807, 2.05) is 61.5 Å². The van der Waals surface area contributed by atoms with Gasteiger partial charge in [0, 0.05) is 23.0 Å². The second-order valence-electron chi connectivity index (χ2n) is 8.47. The van der Waals surface area contributed by atoms with Crippen LogP contribution in [-0.2, 0) is 14.8 Å². The van der Waals surface area contributed by atoms with Crippen molar-refractivity contribution >= 4 is 44.8 Å². The van der Waals surface area contributed by atoms with Crippen LogP contribution in [0, 0.1) is 0 Å². The van der Waals surface area contributed by atoms with E-state index in [-0.39, 0.29) is 22.6 Å². The van der Waals surface area contributed by atoms with Gasteiger partial charge < -0.3 is 5.32 Å². The average Bonchev–Trinajstić information content (AvgIpc) is 3.31. The number of carbonyl (C=O) groups is 1. The van der Waals surface area contributed by atoms with Crippen LogP contribution in [0.25, 0.3) is 0 Å². The number of amidine groups is 1. The second-order valence-corrected chi connectivity index (χ2v) is 10.5. The number of carbonyl (C=O) groups excluding carboxylic acids is 1. The van der Waals surface area contributed by atoms with Gasteiger partial charge in [-0.05, 0) is 60.9 Å². The molecule has 1 aliphatic heterocycles. The molecule has 1 N–H and O–H groups in total. The Morgan fingerprint density at radius 3 is 2.36 bits per heavy atom. The molecule has 0 saturated heterocycles. The predicted octanol–water partition coefficient (Wildman–Crippen LogP) is 5.69. The predicted molar refractivity (Wildman–Crippen MR) is 144 cm³/mol. The number of sulfonamides is 1. The fraction of sp³-hybridized carbons (Fsp3) is 0.222. The molecule has 1 unspecified atom stereocenters. The van der Waals surface area contributed by atoms with Gasteiger partial charge in [0.05, 0.1) is 17.2 Å². The number of hydrazone groups is 1. The van der Waals surface area contributed by atoms with Crippen LogP contribution >= 0.6 is 11.6 Å². The molecular weight excluding hydrogens is 496 g/mol. The number of amides is 1. The number of rotatable bonds is 7. The first-order valence-corrected chi connectivity index (χ1v) is 13.5. The molecular formula is C27H27ClN4O3S. The van der Waals surface area contributed by atoms with E-state index in [1.165, 1.54) is 24.3 Å². The molecule has 0 aliphatic carbocycles. The van der Waals surface area contributed by atoms with Crippen LogP contribution in [0.2, 0.25) is 5.02 Å². The van der Waals surface area contributed by atoms with Crippen LogP contribution in [0.4, 0.5) is 5.69 Å². The number of hydrogen-bond acceptors (Lipinski definition) is 4. The maximum absolute atomic E-state index is 12.8. The smallest absolute Gasteiger partial charge is 0.283 e. The third-order valence-corrected chi connectivity index (χ3v) is 7.42. The Kier molecular flexibility index (Phi) is 7.86. The lowest BCUT2D eigenvalue weighted by Gasteiger charge is -2.16. The number of nitrogens with one attached hydrogen (secondary N) is 1. The first-order chi connectivity index (χ1) is 17.3. The van der Waals surface area contributed by atoms with E-state index >= 15 is 0 Å². The minimum absolute atomic E-state index is 0.0227. The fourth-order valence-corrected chi connectivity index (χ4v) is 5.12. The van der Waals surface area contributed by atoms with Gasteiger partial charge in [-0.2, -0.15) is 13.5 Å². The second kappa shape index (κ2) is 11.1. The zero-order valence-electron chi connectivity index (χ0n) is 20.1. The van der Waals surface area contributed by atoms with Crippen molar-refractivity contribution in [2.24, 2.45) is 9.50 Å². The Morgan fingerprint density at radius 2 is 1.72 bits per heavy atom. The lowest BCUT2D eigenvalue weighted by atomic mass is 9.90. The molecule has 0 spiro atoms. The van der Waals surface area contributed by atoms with Crippen molar-refractivity contribution in [1.29, 1.82) is 0 Å². The summed E-state index contributed by atoms with van der Waals surface area (Å²) in [6.07, 6.45) is 1.25. The number of nitrogens with zero attached hydrogens (tertiary/aromatic N) is 3. The summed E-state index contributed by atoms with van der Waals surface area (Å²) in [6, 6.07) is 23.4. The number of anilines is 1. The normalized spacial score (nSPS) is 16.1. The van der Waals surface area contributed by atoms with Crippen molar-refractivity contribution in [3.63, 3.8) is 0 Å². The molecule has 186 valence electrons. The maximum atomic E-state index is 12.8. The summed E-state index contributed by atoms with van der Waals surface area (Å²) in [5.41, 5.74) is 3.46. The molecule has 4 rings (SSSR count). The van der Waals surface area contributed by atoms with Crippen molar-refractivity contribution in [1.82, 2.24) is 5.01 Å². The van der Waals surface area contributed by atoms with Crippen LogP contribution in [-0.4, -0.2) is 37.4 Å². The van der Waals surface area contributed by atoms with Gasteiger partial charge in [-0.3, -0.25) is 4.79 Å². The molecule has 0 aromatic heterocycles. The molecule has 0 saturated carbocycles.